The molecule has 0 rings (SSSR count). The van der Waals surface area contributed by atoms with Crippen molar-refractivity contribution in [2.45, 2.75) is 0 Å². The molecule has 0 atom stereocenters. The van der Waals surface area contributed by atoms with Gasteiger partial charge in [0.25, 0.3) is 0 Å². The molecule has 30 valence electrons. The summed E-state index contributed by atoms with van der Waals surface area (Å²) < 4.78 is 0. The Morgan fingerprint density at radius 2 is 1.00 bits per heavy atom. The summed E-state index contributed by atoms with van der Waals surface area (Å²) in [7, 11) is 0. The van der Waals surface area contributed by atoms with Crippen LogP contribution in [0, 0.1) is 49.4 Å². The summed E-state index contributed by atoms with van der Waals surface area (Å²) >= 11 is 0. The third-order valence-electron chi connectivity index (χ3n) is 0. The first-order valence-electron chi connectivity index (χ1n) is 0. The SMILES string of the molecule is O.[BaH2].[Cu].[Eu]. The molecular weight excluding hydrogens is 369 g/mol. The van der Waals surface area contributed by atoms with E-state index in [0.717, 1.165) is 0 Å². The summed E-state index contributed by atoms with van der Waals surface area (Å²) in [6, 6.07) is 0. The summed E-state index contributed by atoms with van der Waals surface area (Å²) in [4.78, 5) is 0. The van der Waals surface area contributed by atoms with Crippen LogP contribution in [0.2, 0.25) is 0 Å². The Balaban J connectivity index is 0. The van der Waals surface area contributed by atoms with Crippen molar-refractivity contribution in [3.63, 3.8) is 0 Å². The van der Waals surface area contributed by atoms with Crippen molar-refractivity contribution < 1.29 is 71.9 Å². The molecule has 0 saturated carbocycles. The van der Waals surface area contributed by atoms with E-state index >= 15 is 0 Å². The molecule has 0 heterocycles. The van der Waals surface area contributed by atoms with Crippen molar-refractivity contribution in [2.24, 2.45) is 0 Å². The van der Waals surface area contributed by atoms with Crippen LogP contribution >= 0.6 is 0 Å². The van der Waals surface area contributed by atoms with Gasteiger partial charge < -0.3 is 5.48 Å². The zero-order chi connectivity index (χ0) is 0. The monoisotopic (exact) mass is 374 g/mol. The standard InChI is InChI=1S/Ba.Cu.Eu.H2O.2H/h;;;1H2;;. The van der Waals surface area contributed by atoms with E-state index in [0.29, 0.717) is 0 Å². The summed E-state index contributed by atoms with van der Waals surface area (Å²) in [5, 5.41) is 0. The van der Waals surface area contributed by atoms with Crippen molar-refractivity contribution in [3.05, 3.63) is 0 Å². The number of hydrogen-bond donors (Lipinski definition) is 0. The molecule has 0 aliphatic rings. The smallest absolute Gasteiger partial charge is 0 e. The first kappa shape index (κ1) is 25.4. The topological polar surface area (TPSA) is 31.5 Å². The molecule has 2 radical (unpaired) electrons. The molecule has 0 aliphatic carbocycles. The fraction of sp³-hybridized carbons (Fsp3) is 0. The van der Waals surface area contributed by atoms with Gasteiger partial charge in [0.15, 0.2) is 0 Å². The van der Waals surface area contributed by atoms with Crippen molar-refractivity contribution in [3.8, 4) is 0 Å². The zero-order valence-electron chi connectivity index (χ0n) is 1.18. The van der Waals surface area contributed by atoms with E-state index in [4.69, 9.17) is 0 Å². The van der Waals surface area contributed by atoms with E-state index in [2.05, 4.69) is 0 Å². The largest absolute Gasteiger partial charge is 0 e. The van der Waals surface area contributed by atoms with Gasteiger partial charge in [0.05, 0.1) is 0 Å². The molecule has 0 aromatic heterocycles. The van der Waals surface area contributed by atoms with Crippen molar-refractivity contribution in [2.75, 3.05) is 0 Å². The molecule has 4 heavy (non-hydrogen) atoms. The van der Waals surface area contributed by atoms with Gasteiger partial charge in [-0.3, -0.25) is 0 Å². The van der Waals surface area contributed by atoms with Crippen LogP contribution in [0.1, 0.15) is 0 Å². The van der Waals surface area contributed by atoms with Gasteiger partial charge in [-0.1, -0.05) is 0 Å². The van der Waals surface area contributed by atoms with Crippen LogP contribution in [-0.2, 0) is 17.1 Å². The summed E-state index contributed by atoms with van der Waals surface area (Å²) in [5.41, 5.74) is 0. The Bertz CT molecular complexity index is 8.00. The Hall–Kier alpha value is 3.64. The van der Waals surface area contributed by atoms with Crippen LogP contribution in [0.3, 0.4) is 0 Å². The fourth-order valence-corrected chi connectivity index (χ4v) is 0. The molecule has 4 heteroatoms. The predicted octanol–water partition coefficient (Wildman–Crippen LogP) is -1.74. The van der Waals surface area contributed by atoms with E-state index in [9.17, 15) is 0 Å². The molecule has 0 spiro atoms. The van der Waals surface area contributed by atoms with E-state index < -0.39 is 0 Å². The second kappa shape index (κ2) is 15.9. The number of hydrogen-bond acceptors (Lipinski definition) is 0. The van der Waals surface area contributed by atoms with Gasteiger partial charge in [-0.05, 0) is 0 Å². The minimum Gasteiger partial charge on any atom is 0 e. The van der Waals surface area contributed by atoms with E-state index in [1.807, 2.05) is 0 Å². The minimum atomic E-state index is 0. The Morgan fingerprint density at radius 1 is 1.00 bits per heavy atom. The Morgan fingerprint density at radius 3 is 1.00 bits per heavy atom. The quantitative estimate of drug-likeness (QED) is 0.452. The summed E-state index contributed by atoms with van der Waals surface area (Å²) in [6.45, 7) is 0. The van der Waals surface area contributed by atoms with Crippen LogP contribution in [0.4, 0.5) is 0 Å². The predicted molar refractivity (Wildman–Crippen MR) is 12.2 cm³/mol. The molecule has 0 aromatic carbocycles. The van der Waals surface area contributed by atoms with E-state index in [1.54, 1.807) is 0 Å². The van der Waals surface area contributed by atoms with Crippen LogP contribution in [-0.4, -0.2) is 54.4 Å². The van der Waals surface area contributed by atoms with Gasteiger partial charge >= 0.3 is 48.9 Å². The summed E-state index contributed by atoms with van der Waals surface area (Å²) in [6.07, 6.45) is 0. The Kier molecular flexibility index (Phi) is 101. The molecule has 0 fully saturated rings. The van der Waals surface area contributed by atoms with Crippen LogP contribution < -0.4 is 0 Å². The van der Waals surface area contributed by atoms with Gasteiger partial charge in [-0.25, -0.2) is 0 Å². The van der Waals surface area contributed by atoms with Gasteiger partial charge in [0.1, 0.15) is 0 Å². The van der Waals surface area contributed by atoms with Crippen molar-refractivity contribution >= 4 is 48.9 Å². The van der Waals surface area contributed by atoms with Crippen LogP contribution in [0.5, 0.6) is 0 Å². The average molecular weight is 373 g/mol. The Labute approximate surface area is 117 Å². The van der Waals surface area contributed by atoms with Crippen molar-refractivity contribution in [1.82, 2.24) is 0 Å². The first-order valence-corrected chi connectivity index (χ1v) is 0. The summed E-state index contributed by atoms with van der Waals surface area (Å²) in [5.74, 6) is 0. The molecular formula is H4BaCuEuO. The molecule has 2 N–H and O–H groups in total. The molecule has 0 bridgehead atoms. The molecule has 0 unspecified atom stereocenters. The molecule has 0 aliphatic heterocycles. The second-order valence-electron chi connectivity index (χ2n) is 0. The molecule has 0 amide bonds. The van der Waals surface area contributed by atoms with Crippen LogP contribution in [0.25, 0.3) is 0 Å². The van der Waals surface area contributed by atoms with Gasteiger partial charge in [-0.15, -0.1) is 0 Å². The minimum absolute atomic E-state index is 0. The second-order valence-corrected chi connectivity index (χ2v) is 0. The maximum Gasteiger partial charge on any atom is 0 e. The maximum absolute atomic E-state index is 0. The molecule has 0 saturated heterocycles. The van der Waals surface area contributed by atoms with Gasteiger partial charge in [0.2, 0.25) is 0 Å². The van der Waals surface area contributed by atoms with Gasteiger partial charge in [0, 0.05) is 66.4 Å². The zero-order valence-corrected chi connectivity index (χ0v) is 4.55. The first-order chi connectivity index (χ1) is 0. The average Bonchev–Trinajstić information content (AvgIpc) is 0. The van der Waals surface area contributed by atoms with E-state index in [-0.39, 0.29) is 121 Å². The fourth-order valence-electron chi connectivity index (χ4n) is 0. The van der Waals surface area contributed by atoms with E-state index in [1.165, 1.54) is 0 Å². The third-order valence-corrected chi connectivity index (χ3v) is 0. The number of rotatable bonds is 0. The maximum atomic E-state index is 0. The van der Waals surface area contributed by atoms with Crippen molar-refractivity contribution in [1.29, 1.82) is 0 Å². The normalized spacial score (nSPS) is 0. The van der Waals surface area contributed by atoms with Gasteiger partial charge in [-0.2, -0.15) is 0 Å². The molecule has 0 aromatic rings. The van der Waals surface area contributed by atoms with Crippen LogP contribution in [0.15, 0.2) is 0 Å². The third kappa shape index (κ3) is 9.16. The molecule has 1 nitrogen and oxygen atoms in total.